The fraction of sp³-hybridized carbons (Fsp3) is 0.471. The van der Waals surface area contributed by atoms with Crippen molar-refractivity contribution in [3.05, 3.63) is 48.3 Å². The Balaban J connectivity index is 1.64. The predicted octanol–water partition coefficient (Wildman–Crippen LogP) is 2.34. The SMILES string of the molecule is CN(Cc1ncc[nH]1)[C@@H]1CCC[C@H](Oc2cccc(F)c2)[C@H]1O. The summed E-state index contributed by atoms with van der Waals surface area (Å²) >= 11 is 0. The van der Waals surface area contributed by atoms with Crippen molar-refractivity contribution in [2.24, 2.45) is 0 Å². The van der Waals surface area contributed by atoms with Crippen LogP contribution in [-0.4, -0.2) is 45.3 Å². The lowest BCUT2D eigenvalue weighted by atomic mass is 9.89. The smallest absolute Gasteiger partial charge is 0.126 e. The second-order valence-electron chi connectivity index (χ2n) is 6.05. The fourth-order valence-corrected chi connectivity index (χ4v) is 3.18. The van der Waals surface area contributed by atoms with Crippen molar-refractivity contribution in [3.8, 4) is 5.75 Å². The zero-order valence-corrected chi connectivity index (χ0v) is 13.2. The molecule has 2 N–H and O–H groups in total. The number of nitrogens with zero attached hydrogens (tertiary/aromatic N) is 2. The first kappa shape index (κ1) is 16.0. The molecular weight excluding hydrogens is 297 g/mol. The highest BCUT2D eigenvalue weighted by atomic mass is 19.1. The molecule has 0 aliphatic heterocycles. The normalized spacial score (nSPS) is 24.8. The van der Waals surface area contributed by atoms with Gasteiger partial charge in [0.1, 0.15) is 29.6 Å². The number of imidazole rings is 1. The minimum absolute atomic E-state index is 0.00703. The van der Waals surface area contributed by atoms with Crippen LogP contribution in [0.15, 0.2) is 36.7 Å². The lowest BCUT2D eigenvalue weighted by molar-refractivity contribution is -0.0496. The second kappa shape index (κ2) is 7.10. The van der Waals surface area contributed by atoms with E-state index in [1.807, 2.05) is 7.05 Å². The number of aliphatic hydroxyl groups excluding tert-OH is 1. The van der Waals surface area contributed by atoms with Crippen molar-refractivity contribution in [1.29, 1.82) is 0 Å². The van der Waals surface area contributed by atoms with Crippen LogP contribution in [0.25, 0.3) is 0 Å². The molecule has 3 atom stereocenters. The average molecular weight is 319 g/mol. The Hall–Kier alpha value is -1.92. The van der Waals surface area contributed by atoms with Crippen molar-refractivity contribution in [3.63, 3.8) is 0 Å². The Morgan fingerprint density at radius 2 is 2.30 bits per heavy atom. The molecule has 0 bridgehead atoms. The zero-order valence-electron chi connectivity index (χ0n) is 13.2. The predicted molar refractivity (Wildman–Crippen MR) is 84.5 cm³/mol. The molecule has 6 heteroatoms. The van der Waals surface area contributed by atoms with E-state index in [1.165, 1.54) is 12.1 Å². The number of nitrogens with one attached hydrogen (secondary N) is 1. The first-order valence-electron chi connectivity index (χ1n) is 7.92. The molecule has 3 rings (SSSR count). The molecule has 0 spiro atoms. The van der Waals surface area contributed by atoms with Crippen LogP contribution in [0.2, 0.25) is 0 Å². The molecule has 5 nitrogen and oxygen atoms in total. The molecule has 1 aromatic heterocycles. The molecule has 1 aliphatic rings. The highest BCUT2D eigenvalue weighted by Gasteiger charge is 2.35. The van der Waals surface area contributed by atoms with Crippen LogP contribution < -0.4 is 4.74 Å². The molecule has 1 aromatic carbocycles. The van der Waals surface area contributed by atoms with Crippen LogP contribution in [0.4, 0.5) is 4.39 Å². The summed E-state index contributed by atoms with van der Waals surface area (Å²) in [6.45, 7) is 0.640. The largest absolute Gasteiger partial charge is 0.488 e. The van der Waals surface area contributed by atoms with Gasteiger partial charge in [-0.3, -0.25) is 4.90 Å². The first-order valence-corrected chi connectivity index (χ1v) is 7.92. The maximum atomic E-state index is 13.3. The zero-order chi connectivity index (χ0) is 16.2. The standard InChI is InChI=1S/C17H22FN3O2/c1-21(11-16-19-8-9-20-16)14-6-3-7-15(17(14)22)23-13-5-2-4-12(18)10-13/h2,4-5,8-10,14-15,17,22H,3,6-7,11H2,1H3,(H,19,20)/t14-,15+,17+/m1/s1. The summed E-state index contributed by atoms with van der Waals surface area (Å²) in [6.07, 6.45) is 5.20. The Bertz CT molecular complexity index is 620. The number of H-pyrrole nitrogens is 1. The van der Waals surface area contributed by atoms with E-state index in [0.717, 1.165) is 25.1 Å². The van der Waals surface area contributed by atoms with Gasteiger partial charge < -0.3 is 14.8 Å². The van der Waals surface area contributed by atoms with Gasteiger partial charge in [0, 0.05) is 24.5 Å². The third-order valence-electron chi connectivity index (χ3n) is 4.37. The number of rotatable bonds is 5. The summed E-state index contributed by atoms with van der Waals surface area (Å²) in [5, 5.41) is 10.7. The Morgan fingerprint density at radius 1 is 1.43 bits per heavy atom. The minimum Gasteiger partial charge on any atom is -0.488 e. The maximum absolute atomic E-state index is 13.3. The summed E-state index contributed by atoms with van der Waals surface area (Å²) in [4.78, 5) is 9.38. The monoisotopic (exact) mass is 319 g/mol. The van der Waals surface area contributed by atoms with Gasteiger partial charge >= 0.3 is 0 Å². The van der Waals surface area contributed by atoms with Gasteiger partial charge in [-0.05, 0) is 38.4 Å². The number of hydrogen-bond acceptors (Lipinski definition) is 4. The number of aromatic amines is 1. The van der Waals surface area contributed by atoms with E-state index in [2.05, 4.69) is 14.9 Å². The number of benzene rings is 1. The molecule has 23 heavy (non-hydrogen) atoms. The second-order valence-corrected chi connectivity index (χ2v) is 6.05. The van der Waals surface area contributed by atoms with Gasteiger partial charge in [0.2, 0.25) is 0 Å². The van der Waals surface area contributed by atoms with Crippen LogP contribution >= 0.6 is 0 Å². The van der Waals surface area contributed by atoms with E-state index >= 15 is 0 Å². The average Bonchev–Trinajstić information content (AvgIpc) is 3.02. The van der Waals surface area contributed by atoms with Crippen LogP contribution in [0.5, 0.6) is 5.75 Å². The molecule has 0 radical (unpaired) electrons. The third-order valence-corrected chi connectivity index (χ3v) is 4.37. The highest BCUT2D eigenvalue weighted by Crippen LogP contribution is 2.27. The summed E-state index contributed by atoms with van der Waals surface area (Å²) in [5.74, 6) is 0.996. The van der Waals surface area contributed by atoms with Crippen LogP contribution in [0.1, 0.15) is 25.1 Å². The number of aromatic nitrogens is 2. The first-order chi connectivity index (χ1) is 11.1. The number of halogens is 1. The molecule has 0 amide bonds. The lowest BCUT2D eigenvalue weighted by Gasteiger charge is -2.39. The van der Waals surface area contributed by atoms with Gasteiger partial charge in [-0.15, -0.1) is 0 Å². The van der Waals surface area contributed by atoms with Crippen molar-refractivity contribution >= 4 is 0 Å². The molecular formula is C17H22FN3O2. The van der Waals surface area contributed by atoms with Crippen molar-refractivity contribution < 1.29 is 14.2 Å². The van der Waals surface area contributed by atoms with Crippen LogP contribution in [-0.2, 0) is 6.54 Å². The summed E-state index contributed by atoms with van der Waals surface area (Å²) in [6, 6.07) is 6.05. The molecule has 2 aromatic rings. The molecule has 124 valence electrons. The maximum Gasteiger partial charge on any atom is 0.126 e. The van der Waals surface area contributed by atoms with Gasteiger partial charge in [-0.1, -0.05) is 6.07 Å². The van der Waals surface area contributed by atoms with E-state index in [0.29, 0.717) is 12.3 Å². The van der Waals surface area contributed by atoms with Gasteiger partial charge in [-0.2, -0.15) is 0 Å². The summed E-state index contributed by atoms with van der Waals surface area (Å²) in [5.41, 5.74) is 0. The summed E-state index contributed by atoms with van der Waals surface area (Å²) < 4.78 is 19.1. The Morgan fingerprint density at radius 3 is 3.04 bits per heavy atom. The number of hydrogen-bond donors (Lipinski definition) is 2. The van der Waals surface area contributed by atoms with Crippen molar-refractivity contribution in [2.75, 3.05) is 7.05 Å². The van der Waals surface area contributed by atoms with Crippen molar-refractivity contribution in [1.82, 2.24) is 14.9 Å². The van der Waals surface area contributed by atoms with E-state index in [-0.39, 0.29) is 18.0 Å². The topological polar surface area (TPSA) is 61.4 Å². The fourth-order valence-electron chi connectivity index (χ4n) is 3.18. The van der Waals surface area contributed by atoms with Gasteiger partial charge in [0.25, 0.3) is 0 Å². The van der Waals surface area contributed by atoms with Crippen LogP contribution in [0.3, 0.4) is 0 Å². The quantitative estimate of drug-likeness (QED) is 0.888. The number of ether oxygens (including phenoxy) is 1. The van der Waals surface area contributed by atoms with Crippen molar-refractivity contribution in [2.45, 2.75) is 44.1 Å². The minimum atomic E-state index is -0.619. The molecule has 1 heterocycles. The van der Waals surface area contributed by atoms with Crippen LogP contribution in [0, 0.1) is 5.82 Å². The lowest BCUT2D eigenvalue weighted by Crippen LogP contribution is -2.51. The number of likely N-dealkylation sites (N-methyl/N-ethyl adjacent to an activating group) is 1. The van der Waals surface area contributed by atoms with E-state index < -0.39 is 6.10 Å². The molecule has 1 saturated carbocycles. The molecule has 1 aliphatic carbocycles. The Labute approximate surface area is 135 Å². The van der Waals surface area contributed by atoms with Gasteiger partial charge in [0.15, 0.2) is 0 Å². The van der Waals surface area contributed by atoms with E-state index in [4.69, 9.17) is 4.74 Å². The molecule has 0 unspecified atom stereocenters. The van der Waals surface area contributed by atoms with E-state index in [1.54, 1.807) is 24.5 Å². The third kappa shape index (κ3) is 3.89. The Kier molecular flexibility index (Phi) is 4.93. The van der Waals surface area contributed by atoms with E-state index in [9.17, 15) is 9.50 Å². The highest BCUT2D eigenvalue weighted by molar-refractivity contribution is 5.23. The molecule has 0 saturated heterocycles. The number of aliphatic hydroxyl groups is 1. The van der Waals surface area contributed by atoms with Gasteiger partial charge in [-0.25, -0.2) is 9.37 Å². The summed E-state index contributed by atoms with van der Waals surface area (Å²) in [7, 11) is 1.97. The molecule has 1 fully saturated rings. The van der Waals surface area contributed by atoms with Gasteiger partial charge in [0.05, 0.1) is 6.54 Å².